The van der Waals surface area contributed by atoms with Crippen molar-refractivity contribution in [1.82, 2.24) is 0 Å². The lowest BCUT2D eigenvalue weighted by molar-refractivity contribution is 0.0976. The molecule has 18 heavy (non-hydrogen) atoms. The largest absolute Gasteiger partial charge is 0.492 e. The van der Waals surface area contributed by atoms with Crippen LogP contribution in [-0.4, -0.2) is 12.4 Å². The van der Waals surface area contributed by atoms with Gasteiger partial charge in [-0.15, -0.1) is 0 Å². The molecule has 2 rings (SSSR count). The monoisotopic (exact) mass is 246 g/mol. The van der Waals surface area contributed by atoms with Crippen molar-refractivity contribution < 1.29 is 9.53 Å². The smallest absolute Gasteiger partial charge is 0.166 e. The van der Waals surface area contributed by atoms with Gasteiger partial charge in [0.1, 0.15) is 5.75 Å². The van der Waals surface area contributed by atoms with E-state index >= 15 is 0 Å². The lowest BCUT2D eigenvalue weighted by Gasteiger charge is -2.06. The fraction of sp³-hybridized carbons (Fsp3) is 0.562. The molecule has 2 nitrogen and oxygen atoms in total. The normalized spacial score (nSPS) is 13.2. The van der Waals surface area contributed by atoms with E-state index in [1.165, 1.54) is 24.8 Å². The first-order valence-corrected chi connectivity index (χ1v) is 7.11. The summed E-state index contributed by atoms with van der Waals surface area (Å²) in [5.74, 6) is 1.08. The SMILES string of the molecule is CCCCCCCC(=O)c1cccc2c1OCC2. The molecule has 0 unspecified atom stereocenters. The Morgan fingerprint density at radius 2 is 2.06 bits per heavy atom. The molecule has 98 valence electrons. The number of hydrogen-bond acceptors (Lipinski definition) is 2. The molecule has 1 aliphatic heterocycles. The zero-order valence-electron chi connectivity index (χ0n) is 11.2. The molecule has 0 fully saturated rings. The zero-order valence-corrected chi connectivity index (χ0v) is 11.2. The Hall–Kier alpha value is -1.31. The Morgan fingerprint density at radius 1 is 1.22 bits per heavy atom. The van der Waals surface area contributed by atoms with Gasteiger partial charge in [0.25, 0.3) is 0 Å². The number of para-hydroxylation sites is 1. The van der Waals surface area contributed by atoms with E-state index < -0.39 is 0 Å². The van der Waals surface area contributed by atoms with Crippen LogP contribution >= 0.6 is 0 Å². The van der Waals surface area contributed by atoms with Gasteiger partial charge in [0.05, 0.1) is 12.2 Å². The number of carbonyl (C=O) groups is 1. The van der Waals surface area contributed by atoms with Gasteiger partial charge in [0.2, 0.25) is 0 Å². The maximum atomic E-state index is 12.2. The van der Waals surface area contributed by atoms with E-state index in [0.717, 1.165) is 37.2 Å². The van der Waals surface area contributed by atoms with E-state index in [1.54, 1.807) is 0 Å². The molecule has 1 aliphatic rings. The van der Waals surface area contributed by atoms with Crippen LogP contribution in [0.15, 0.2) is 18.2 Å². The van der Waals surface area contributed by atoms with Crippen LogP contribution in [0, 0.1) is 0 Å². The summed E-state index contributed by atoms with van der Waals surface area (Å²) in [7, 11) is 0. The minimum absolute atomic E-state index is 0.241. The summed E-state index contributed by atoms with van der Waals surface area (Å²) in [5, 5.41) is 0. The highest BCUT2D eigenvalue weighted by molar-refractivity contribution is 5.99. The quantitative estimate of drug-likeness (QED) is 0.533. The first-order chi connectivity index (χ1) is 8.83. The van der Waals surface area contributed by atoms with E-state index in [1.807, 2.05) is 12.1 Å². The Kier molecular flexibility index (Phi) is 4.80. The molecule has 0 N–H and O–H groups in total. The number of rotatable bonds is 7. The van der Waals surface area contributed by atoms with Crippen molar-refractivity contribution in [2.75, 3.05) is 6.61 Å². The van der Waals surface area contributed by atoms with Gasteiger partial charge in [-0.3, -0.25) is 4.79 Å². The van der Waals surface area contributed by atoms with Gasteiger partial charge in [-0.05, 0) is 18.1 Å². The van der Waals surface area contributed by atoms with Gasteiger partial charge in [0.15, 0.2) is 5.78 Å². The first-order valence-electron chi connectivity index (χ1n) is 7.11. The summed E-state index contributed by atoms with van der Waals surface area (Å²) >= 11 is 0. The van der Waals surface area contributed by atoms with Crippen LogP contribution in [0.4, 0.5) is 0 Å². The molecular formula is C16H22O2. The summed E-state index contributed by atoms with van der Waals surface area (Å²) in [6.07, 6.45) is 7.52. The second kappa shape index (κ2) is 6.58. The molecule has 0 bridgehead atoms. The van der Waals surface area contributed by atoms with Gasteiger partial charge in [-0.2, -0.15) is 0 Å². The Labute approximate surface area is 109 Å². The second-order valence-electron chi connectivity index (χ2n) is 4.98. The van der Waals surface area contributed by atoms with Crippen LogP contribution in [0.1, 0.15) is 61.4 Å². The topological polar surface area (TPSA) is 26.3 Å². The van der Waals surface area contributed by atoms with Crippen molar-refractivity contribution in [3.8, 4) is 5.75 Å². The van der Waals surface area contributed by atoms with Gasteiger partial charge < -0.3 is 4.74 Å². The molecule has 0 saturated carbocycles. The fourth-order valence-electron chi connectivity index (χ4n) is 2.46. The van der Waals surface area contributed by atoms with Crippen LogP contribution in [0.2, 0.25) is 0 Å². The molecule has 0 aliphatic carbocycles. The summed E-state index contributed by atoms with van der Waals surface area (Å²) in [6.45, 7) is 2.92. The van der Waals surface area contributed by atoms with E-state index in [9.17, 15) is 4.79 Å². The zero-order chi connectivity index (χ0) is 12.8. The molecule has 0 amide bonds. The number of carbonyl (C=O) groups excluding carboxylic acids is 1. The number of benzene rings is 1. The van der Waals surface area contributed by atoms with E-state index in [2.05, 4.69) is 13.0 Å². The second-order valence-corrected chi connectivity index (χ2v) is 4.98. The Bertz CT molecular complexity index is 410. The highest BCUT2D eigenvalue weighted by Gasteiger charge is 2.19. The number of Topliss-reactive ketones (excluding diaryl/α,β-unsaturated/α-hetero) is 1. The number of fused-ring (bicyclic) bond motifs is 1. The summed E-state index contributed by atoms with van der Waals surface area (Å²) < 4.78 is 5.57. The molecular weight excluding hydrogens is 224 g/mol. The number of ether oxygens (including phenoxy) is 1. The summed E-state index contributed by atoms with van der Waals surface area (Å²) in [6, 6.07) is 5.93. The number of unbranched alkanes of at least 4 members (excludes halogenated alkanes) is 4. The van der Waals surface area contributed by atoms with Crippen LogP contribution in [0.25, 0.3) is 0 Å². The van der Waals surface area contributed by atoms with Crippen molar-refractivity contribution in [3.05, 3.63) is 29.3 Å². The van der Waals surface area contributed by atoms with E-state index in [-0.39, 0.29) is 5.78 Å². The maximum absolute atomic E-state index is 12.2. The molecule has 2 heteroatoms. The van der Waals surface area contributed by atoms with Crippen molar-refractivity contribution >= 4 is 5.78 Å². The van der Waals surface area contributed by atoms with Gasteiger partial charge in [-0.1, -0.05) is 44.7 Å². The highest BCUT2D eigenvalue weighted by Crippen LogP contribution is 2.30. The predicted octanol–water partition coefficient (Wildman–Crippen LogP) is 4.16. The van der Waals surface area contributed by atoms with Crippen LogP contribution < -0.4 is 4.74 Å². The molecule has 0 atom stereocenters. The van der Waals surface area contributed by atoms with Crippen molar-refractivity contribution in [1.29, 1.82) is 0 Å². The summed E-state index contributed by atoms with van der Waals surface area (Å²) in [5.41, 5.74) is 1.98. The lowest BCUT2D eigenvalue weighted by atomic mass is 10.0. The van der Waals surface area contributed by atoms with Crippen molar-refractivity contribution in [2.45, 2.75) is 51.9 Å². The molecule has 1 heterocycles. The Balaban J connectivity index is 1.88. The third kappa shape index (κ3) is 3.12. The molecule has 1 aromatic rings. The van der Waals surface area contributed by atoms with Crippen LogP contribution in [-0.2, 0) is 6.42 Å². The minimum atomic E-state index is 0.241. The average molecular weight is 246 g/mol. The van der Waals surface area contributed by atoms with E-state index in [4.69, 9.17) is 4.74 Å². The predicted molar refractivity (Wildman–Crippen MR) is 73.3 cm³/mol. The Morgan fingerprint density at radius 3 is 2.89 bits per heavy atom. The molecule has 1 aromatic carbocycles. The fourth-order valence-corrected chi connectivity index (χ4v) is 2.46. The minimum Gasteiger partial charge on any atom is -0.492 e. The molecule has 0 saturated heterocycles. The van der Waals surface area contributed by atoms with Crippen LogP contribution in [0.5, 0.6) is 5.75 Å². The first kappa shape index (κ1) is 13.1. The third-order valence-electron chi connectivity index (χ3n) is 3.52. The molecule has 0 aromatic heterocycles. The average Bonchev–Trinajstić information content (AvgIpc) is 2.86. The van der Waals surface area contributed by atoms with Gasteiger partial charge >= 0.3 is 0 Å². The van der Waals surface area contributed by atoms with Gasteiger partial charge in [-0.25, -0.2) is 0 Å². The van der Waals surface area contributed by atoms with Gasteiger partial charge in [0, 0.05) is 12.8 Å². The van der Waals surface area contributed by atoms with E-state index in [0.29, 0.717) is 6.42 Å². The van der Waals surface area contributed by atoms with Crippen LogP contribution in [0.3, 0.4) is 0 Å². The number of hydrogen-bond donors (Lipinski definition) is 0. The van der Waals surface area contributed by atoms with Crippen molar-refractivity contribution in [2.24, 2.45) is 0 Å². The third-order valence-corrected chi connectivity index (χ3v) is 3.52. The standard InChI is InChI=1S/C16H22O2/c1-2-3-4-5-6-10-15(17)14-9-7-8-13-11-12-18-16(13)14/h7-9H,2-6,10-12H2,1H3. The van der Waals surface area contributed by atoms with Crippen molar-refractivity contribution in [3.63, 3.8) is 0 Å². The maximum Gasteiger partial charge on any atom is 0.166 e. The molecule has 0 spiro atoms. The number of ketones is 1. The summed E-state index contributed by atoms with van der Waals surface area (Å²) in [4.78, 5) is 12.2. The highest BCUT2D eigenvalue weighted by atomic mass is 16.5. The molecule has 0 radical (unpaired) electrons. The lowest BCUT2D eigenvalue weighted by Crippen LogP contribution is -2.01.